The molecule has 0 spiro atoms. The van der Waals surface area contributed by atoms with E-state index in [4.69, 9.17) is 11.6 Å². The van der Waals surface area contributed by atoms with Gasteiger partial charge in [0.05, 0.1) is 10.1 Å². The summed E-state index contributed by atoms with van der Waals surface area (Å²) >= 11 is 5.76. The van der Waals surface area contributed by atoms with Gasteiger partial charge in [-0.2, -0.15) is 0 Å². The number of halogens is 1. The molecule has 1 atom stereocenters. The van der Waals surface area contributed by atoms with Gasteiger partial charge in [0, 0.05) is 5.02 Å². The van der Waals surface area contributed by atoms with Crippen molar-refractivity contribution in [2.75, 3.05) is 0 Å². The molecule has 0 N–H and O–H groups in total. The van der Waals surface area contributed by atoms with Gasteiger partial charge in [0.15, 0.2) is 9.84 Å². The predicted molar refractivity (Wildman–Crippen MR) is 69.9 cm³/mol. The standard InChI is InChI=1S/C13H13ClO2S/c1-10-4-2-3-5-13(10)17(15,16)12-8-6-11(14)7-9-12/h2-4,6-9,13H,5H2,1H3. The first-order valence-electron chi connectivity index (χ1n) is 5.34. The second-order valence-electron chi connectivity index (χ2n) is 4.06. The average Bonchev–Trinajstić information content (AvgIpc) is 2.30. The van der Waals surface area contributed by atoms with Crippen LogP contribution in [0.15, 0.2) is 53.0 Å². The van der Waals surface area contributed by atoms with Crippen LogP contribution in [0.5, 0.6) is 0 Å². The van der Waals surface area contributed by atoms with Crippen molar-refractivity contribution in [3.8, 4) is 0 Å². The molecule has 1 aromatic rings. The van der Waals surface area contributed by atoms with E-state index < -0.39 is 15.1 Å². The topological polar surface area (TPSA) is 34.1 Å². The molecule has 90 valence electrons. The zero-order valence-electron chi connectivity index (χ0n) is 9.43. The molecule has 0 saturated carbocycles. The van der Waals surface area contributed by atoms with Crippen LogP contribution in [0.2, 0.25) is 5.02 Å². The van der Waals surface area contributed by atoms with Gasteiger partial charge < -0.3 is 0 Å². The van der Waals surface area contributed by atoms with E-state index in [1.807, 2.05) is 25.2 Å². The normalized spacial score (nSPS) is 20.1. The smallest absolute Gasteiger partial charge is 0.185 e. The van der Waals surface area contributed by atoms with Crippen LogP contribution in [-0.2, 0) is 9.84 Å². The summed E-state index contributed by atoms with van der Waals surface area (Å²) in [7, 11) is -3.31. The van der Waals surface area contributed by atoms with Crippen molar-refractivity contribution >= 4 is 21.4 Å². The Morgan fingerprint density at radius 3 is 2.47 bits per heavy atom. The van der Waals surface area contributed by atoms with Crippen LogP contribution < -0.4 is 0 Å². The molecule has 0 saturated heterocycles. The lowest BCUT2D eigenvalue weighted by Gasteiger charge is -2.19. The van der Waals surface area contributed by atoms with Gasteiger partial charge in [-0.15, -0.1) is 0 Å². The van der Waals surface area contributed by atoms with Gasteiger partial charge in [-0.05, 0) is 37.6 Å². The zero-order valence-corrected chi connectivity index (χ0v) is 11.0. The van der Waals surface area contributed by atoms with Crippen molar-refractivity contribution in [2.45, 2.75) is 23.5 Å². The highest BCUT2D eigenvalue weighted by Gasteiger charge is 2.28. The fourth-order valence-electron chi connectivity index (χ4n) is 1.88. The van der Waals surface area contributed by atoms with E-state index in [0.717, 1.165) is 5.57 Å². The number of benzene rings is 1. The van der Waals surface area contributed by atoms with Gasteiger partial charge in [-0.25, -0.2) is 8.42 Å². The Morgan fingerprint density at radius 2 is 1.88 bits per heavy atom. The molecule has 2 nitrogen and oxygen atoms in total. The number of allylic oxidation sites excluding steroid dienone is 3. The first kappa shape index (κ1) is 12.4. The molecular formula is C13H13ClO2S. The molecule has 1 unspecified atom stereocenters. The van der Waals surface area contributed by atoms with E-state index in [0.29, 0.717) is 16.3 Å². The van der Waals surface area contributed by atoms with Crippen LogP contribution in [-0.4, -0.2) is 13.7 Å². The van der Waals surface area contributed by atoms with Gasteiger partial charge in [0.25, 0.3) is 0 Å². The maximum atomic E-state index is 12.4. The van der Waals surface area contributed by atoms with Crippen LogP contribution in [0.4, 0.5) is 0 Å². The highest BCUT2D eigenvalue weighted by Crippen LogP contribution is 2.27. The Balaban J connectivity index is 2.40. The largest absolute Gasteiger partial charge is 0.223 e. The number of sulfone groups is 1. The molecule has 0 bridgehead atoms. The Kier molecular flexibility index (Phi) is 3.40. The van der Waals surface area contributed by atoms with E-state index in [1.165, 1.54) is 0 Å². The van der Waals surface area contributed by atoms with Crippen molar-refractivity contribution < 1.29 is 8.42 Å². The van der Waals surface area contributed by atoms with Crippen LogP contribution in [0.1, 0.15) is 13.3 Å². The third kappa shape index (κ3) is 2.45. The monoisotopic (exact) mass is 268 g/mol. The van der Waals surface area contributed by atoms with Gasteiger partial charge in [-0.1, -0.05) is 35.4 Å². The third-order valence-corrected chi connectivity index (χ3v) is 5.36. The lowest BCUT2D eigenvalue weighted by molar-refractivity contribution is 0.585. The molecule has 0 fully saturated rings. The highest BCUT2D eigenvalue weighted by molar-refractivity contribution is 7.92. The maximum Gasteiger partial charge on any atom is 0.185 e. The zero-order chi connectivity index (χ0) is 12.5. The summed E-state index contributed by atoms with van der Waals surface area (Å²) in [4.78, 5) is 0.329. The molecule has 0 aromatic heterocycles. The maximum absolute atomic E-state index is 12.4. The average molecular weight is 269 g/mol. The first-order valence-corrected chi connectivity index (χ1v) is 7.27. The molecule has 1 aliphatic carbocycles. The molecular weight excluding hydrogens is 256 g/mol. The first-order chi connectivity index (χ1) is 8.01. The lowest BCUT2D eigenvalue weighted by Crippen LogP contribution is -2.23. The number of rotatable bonds is 2. The van der Waals surface area contributed by atoms with Crippen molar-refractivity contribution in [3.05, 3.63) is 53.1 Å². The SMILES string of the molecule is CC1=CC=CCC1S(=O)(=O)c1ccc(Cl)cc1. The molecule has 17 heavy (non-hydrogen) atoms. The van der Waals surface area contributed by atoms with Crippen LogP contribution in [0.25, 0.3) is 0 Å². The minimum absolute atomic E-state index is 0.329. The molecule has 0 amide bonds. The van der Waals surface area contributed by atoms with Crippen molar-refractivity contribution in [1.29, 1.82) is 0 Å². The Labute approximate surface area is 107 Å². The minimum Gasteiger partial charge on any atom is -0.223 e. The van der Waals surface area contributed by atoms with Crippen molar-refractivity contribution in [3.63, 3.8) is 0 Å². The van der Waals surface area contributed by atoms with Crippen molar-refractivity contribution in [1.82, 2.24) is 0 Å². The minimum atomic E-state index is -3.31. The van der Waals surface area contributed by atoms with Crippen molar-refractivity contribution in [2.24, 2.45) is 0 Å². The third-order valence-electron chi connectivity index (χ3n) is 2.87. The molecule has 1 aliphatic rings. The quantitative estimate of drug-likeness (QED) is 0.824. The molecule has 2 rings (SSSR count). The van der Waals surface area contributed by atoms with E-state index in [9.17, 15) is 8.42 Å². The summed E-state index contributed by atoms with van der Waals surface area (Å²) in [5.41, 5.74) is 0.877. The summed E-state index contributed by atoms with van der Waals surface area (Å²) in [6.07, 6.45) is 6.16. The van der Waals surface area contributed by atoms with Gasteiger partial charge in [0.1, 0.15) is 0 Å². The van der Waals surface area contributed by atoms with E-state index >= 15 is 0 Å². The summed E-state index contributed by atoms with van der Waals surface area (Å²) < 4.78 is 24.8. The lowest BCUT2D eigenvalue weighted by atomic mass is 10.1. The second-order valence-corrected chi connectivity index (χ2v) is 6.63. The number of hydrogen-bond acceptors (Lipinski definition) is 2. The predicted octanol–water partition coefficient (Wildman–Crippen LogP) is 3.39. The Bertz CT molecular complexity index is 568. The fraction of sp³-hybridized carbons (Fsp3) is 0.231. The van der Waals surface area contributed by atoms with Gasteiger partial charge >= 0.3 is 0 Å². The van der Waals surface area contributed by atoms with Gasteiger partial charge in [-0.3, -0.25) is 0 Å². The van der Waals surface area contributed by atoms with Crippen LogP contribution in [0.3, 0.4) is 0 Å². The summed E-state index contributed by atoms with van der Waals surface area (Å²) in [5, 5.41) is 0.0911. The molecule has 0 radical (unpaired) electrons. The fourth-order valence-corrected chi connectivity index (χ4v) is 3.78. The Hall–Kier alpha value is -1.06. The molecule has 0 aliphatic heterocycles. The van der Waals surface area contributed by atoms with Gasteiger partial charge in [0.2, 0.25) is 0 Å². The molecule has 1 aromatic carbocycles. The highest BCUT2D eigenvalue weighted by atomic mass is 35.5. The summed E-state index contributed by atoms with van der Waals surface area (Å²) in [6.45, 7) is 1.85. The number of hydrogen-bond donors (Lipinski definition) is 0. The summed E-state index contributed by atoms with van der Waals surface area (Å²) in [6, 6.07) is 6.32. The van der Waals surface area contributed by atoms with Crippen LogP contribution >= 0.6 is 11.6 Å². The Morgan fingerprint density at radius 1 is 1.24 bits per heavy atom. The van der Waals surface area contributed by atoms with E-state index in [-0.39, 0.29) is 0 Å². The van der Waals surface area contributed by atoms with Crippen LogP contribution in [0, 0.1) is 0 Å². The van der Waals surface area contributed by atoms with E-state index in [1.54, 1.807) is 24.3 Å². The van der Waals surface area contributed by atoms with E-state index in [2.05, 4.69) is 0 Å². The molecule has 0 heterocycles. The summed E-state index contributed by atoms with van der Waals surface area (Å²) in [5.74, 6) is 0. The molecule has 4 heteroatoms. The second kappa shape index (κ2) is 4.67.